The quantitative estimate of drug-likeness (QED) is 0.321. The zero-order valence-electron chi connectivity index (χ0n) is 18.9. The largest absolute Gasteiger partial charge is 0.443 e. The van der Waals surface area contributed by atoms with Gasteiger partial charge in [-0.25, -0.2) is 18.9 Å². The van der Waals surface area contributed by atoms with Crippen molar-refractivity contribution in [1.82, 2.24) is 19.2 Å². The van der Waals surface area contributed by atoms with Gasteiger partial charge in [0.05, 0.1) is 11.2 Å². The number of halogens is 1. The van der Waals surface area contributed by atoms with Crippen LogP contribution in [0.15, 0.2) is 35.2 Å². The Morgan fingerprint density at radius 3 is 2.52 bits per heavy atom. The molecule has 4 rings (SSSR count). The fourth-order valence-electron chi connectivity index (χ4n) is 4.08. The number of benzene rings is 1. The minimum Gasteiger partial charge on any atom is -0.443 e. The Morgan fingerprint density at radius 1 is 1.16 bits per heavy atom. The predicted molar refractivity (Wildman–Crippen MR) is 127 cm³/mol. The maximum atomic E-state index is 13.5. The van der Waals surface area contributed by atoms with Crippen molar-refractivity contribution in [3.05, 3.63) is 51.9 Å². The molecule has 0 aliphatic carbocycles. The van der Waals surface area contributed by atoms with Gasteiger partial charge in [0.1, 0.15) is 11.9 Å². The Labute approximate surface area is 190 Å². The van der Waals surface area contributed by atoms with E-state index in [1.165, 1.54) is 0 Å². The Hall–Kier alpha value is -2.67. The summed E-state index contributed by atoms with van der Waals surface area (Å²) in [6.07, 6.45) is 3.12. The molecule has 0 aliphatic rings. The molecule has 0 unspecified atom stereocenters. The van der Waals surface area contributed by atoms with Gasteiger partial charge in [0.2, 0.25) is 0 Å². The minimum absolute atomic E-state index is 0.182. The number of aryl methyl sites for hydroxylation is 1. The molecule has 0 saturated carbocycles. The normalized spacial score (nSPS) is 12.3. The maximum absolute atomic E-state index is 13.5. The average Bonchev–Trinajstić information content (AvgIpc) is 3.25. The van der Waals surface area contributed by atoms with Crippen molar-refractivity contribution in [1.29, 1.82) is 0 Å². The number of nitrogens with zero attached hydrogens (tertiary/aromatic N) is 4. The molecule has 6 nitrogen and oxygen atoms in total. The monoisotopic (exact) mass is 482 g/mol. The molecule has 7 heteroatoms. The third-order valence-corrected chi connectivity index (χ3v) is 6.00. The van der Waals surface area contributed by atoms with E-state index in [0.717, 1.165) is 49.0 Å². The maximum Gasteiger partial charge on any atom is 0.419 e. The molecule has 0 spiro atoms. The summed E-state index contributed by atoms with van der Waals surface area (Å²) in [6, 6.07) is 6.00. The van der Waals surface area contributed by atoms with E-state index in [-0.39, 0.29) is 5.92 Å². The molecule has 0 amide bonds. The molecule has 0 atom stereocenters. The van der Waals surface area contributed by atoms with Crippen molar-refractivity contribution < 1.29 is 9.53 Å². The number of hydrogen-bond donors (Lipinski definition) is 0. The van der Waals surface area contributed by atoms with Crippen LogP contribution in [0.2, 0.25) is 0 Å². The molecular weight excluding hydrogens is 456 g/mol. The molecule has 0 fully saturated rings. The van der Waals surface area contributed by atoms with E-state index in [1.807, 2.05) is 46.0 Å². The van der Waals surface area contributed by atoms with Crippen LogP contribution in [0.5, 0.6) is 0 Å². The number of carbonyl (C=O) groups is 1. The van der Waals surface area contributed by atoms with Crippen LogP contribution in [-0.2, 0) is 4.74 Å². The topological polar surface area (TPSA) is 61.4 Å². The van der Waals surface area contributed by atoms with E-state index >= 15 is 0 Å². The number of ether oxygens (including phenoxy) is 1. The van der Waals surface area contributed by atoms with Crippen LogP contribution in [0.1, 0.15) is 57.2 Å². The first-order valence-electron chi connectivity index (χ1n) is 10.4. The summed E-state index contributed by atoms with van der Waals surface area (Å²) in [5.74, 6) is 0.182. The molecule has 31 heavy (non-hydrogen) atoms. The summed E-state index contributed by atoms with van der Waals surface area (Å²) in [4.78, 5) is 17.9. The first kappa shape index (κ1) is 21.6. The van der Waals surface area contributed by atoms with Gasteiger partial charge in [-0.05, 0) is 75.4 Å². The van der Waals surface area contributed by atoms with E-state index in [2.05, 4.69) is 52.9 Å². The Balaban J connectivity index is 2.16. The van der Waals surface area contributed by atoms with Gasteiger partial charge in [0.15, 0.2) is 5.65 Å². The fourth-order valence-corrected chi connectivity index (χ4v) is 4.44. The van der Waals surface area contributed by atoms with Crippen molar-refractivity contribution in [2.75, 3.05) is 0 Å². The molecule has 0 N–H and O–H groups in total. The molecule has 162 valence electrons. The smallest absolute Gasteiger partial charge is 0.419 e. The molecule has 3 heterocycles. The number of hydrogen-bond acceptors (Lipinski definition) is 4. The minimum atomic E-state index is -0.612. The number of aromatic nitrogens is 4. The zero-order chi connectivity index (χ0) is 22.7. The predicted octanol–water partition coefficient (Wildman–Crippen LogP) is 6.64. The Morgan fingerprint density at radius 2 is 1.87 bits per heavy atom. The summed E-state index contributed by atoms with van der Waals surface area (Å²) in [5.41, 5.74) is 6.01. The van der Waals surface area contributed by atoms with Crippen molar-refractivity contribution in [3.63, 3.8) is 0 Å². The van der Waals surface area contributed by atoms with Crippen LogP contribution in [0.25, 0.3) is 27.8 Å². The summed E-state index contributed by atoms with van der Waals surface area (Å²) in [7, 11) is 0. The van der Waals surface area contributed by atoms with Crippen LogP contribution >= 0.6 is 15.9 Å². The first-order chi connectivity index (χ1) is 14.5. The molecule has 0 radical (unpaired) electrons. The highest BCUT2D eigenvalue weighted by atomic mass is 79.9. The molecule has 3 aromatic heterocycles. The van der Waals surface area contributed by atoms with Gasteiger partial charge in [-0.3, -0.25) is 0 Å². The third-order valence-electron chi connectivity index (χ3n) is 5.50. The van der Waals surface area contributed by atoms with Gasteiger partial charge in [-0.1, -0.05) is 29.8 Å². The summed E-state index contributed by atoms with van der Waals surface area (Å²) in [5, 5.41) is 5.38. The SMILES string of the molecule is Cc1c(-c2c(C(C)C)c3cc(Br)ccc3n2C(=O)OC(C)(C)C)cn2ncnc2c1C. The lowest BCUT2D eigenvalue weighted by molar-refractivity contribution is 0.0547. The van der Waals surface area contributed by atoms with Crippen molar-refractivity contribution >= 4 is 38.6 Å². The summed E-state index contributed by atoms with van der Waals surface area (Å²) < 4.78 is 10.3. The molecule has 1 aromatic carbocycles. The highest BCUT2D eigenvalue weighted by Gasteiger charge is 2.29. The fraction of sp³-hybridized carbons (Fsp3) is 0.375. The second kappa shape index (κ2) is 7.48. The second-order valence-electron chi connectivity index (χ2n) is 9.22. The second-order valence-corrected chi connectivity index (χ2v) is 10.1. The molecular formula is C24H27BrN4O2. The molecule has 0 aliphatic heterocycles. The number of pyridine rings is 1. The number of rotatable bonds is 2. The van der Waals surface area contributed by atoms with Gasteiger partial charge in [-0.15, -0.1) is 0 Å². The van der Waals surface area contributed by atoms with Gasteiger partial charge in [0, 0.05) is 21.6 Å². The Bertz CT molecular complexity index is 1330. The lowest BCUT2D eigenvalue weighted by Crippen LogP contribution is -2.27. The van der Waals surface area contributed by atoms with Crippen LogP contribution < -0.4 is 0 Å². The number of carbonyl (C=O) groups excluding carboxylic acids is 1. The van der Waals surface area contributed by atoms with Crippen LogP contribution in [0.4, 0.5) is 4.79 Å². The van der Waals surface area contributed by atoms with E-state index in [1.54, 1.807) is 15.4 Å². The van der Waals surface area contributed by atoms with Crippen LogP contribution in [-0.4, -0.2) is 30.9 Å². The van der Waals surface area contributed by atoms with E-state index in [9.17, 15) is 4.79 Å². The Kier molecular flexibility index (Phi) is 5.20. The van der Waals surface area contributed by atoms with Crippen LogP contribution in [0.3, 0.4) is 0 Å². The highest BCUT2D eigenvalue weighted by molar-refractivity contribution is 9.10. The standard InChI is InChI=1S/C24H27BrN4O2/c1-13(2)20-17-10-16(25)8-9-19(17)29(23(30)31-24(5,6)7)21(20)18-11-28-22(26-12-27-28)15(4)14(18)3/h8-13H,1-7H3. The average molecular weight is 483 g/mol. The third kappa shape index (κ3) is 3.65. The zero-order valence-corrected chi connectivity index (χ0v) is 20.5. The van der Waals surface area contributed by atoms with Crippen LogP contribution in [0, 0.1) is 13.8 Å². The van der Waals surface area contributed by atoms with Gasteiger partial charge < -0.3 is 4.74 Å². The van der Waals surface area contributed by atoms with Crippen molar-refractivity contribution in [2.45, 2.75) is 60.0 Å². The molecule has 0 saturated heterocycles. The lowest BCUT2D eigenvalue weighted by Gasteiger charge is -2.22. The van der Waals surface area contributed by atoms with Gasteiger partial charge >= 0.3 is 6.09 Å². The van der Waals surface area contributed by atoms with E-state index in [0.29, 0.717) is 0 Å². The van der Waals surface area contributed by atoms with Gasteiger partial charge in [-0.2, -0.15) is 5.10 Å². The van der Waals surface area contributed by atoms with Crippen molar-refractivity contribution in [2.24, 2.45) is 0 Å². The lowest BCUT2D eigenvalue weighted by atomic mass is 9.94. The molecule has 4 aromatic rings. The highest BCUT2D eigenvalue weighted by Crippen LogP contribution is 2.41. The number of fused-ring (bicyclic) bond motifs is 2. The van der Waals surface area contributed by atoms with Gasteiger partial charge in [0.25, 0.3) is 0 Å². The summed E-state index contributed by atoms with van der Waals surface area (Å²) in [6.45, 7) is 14.0. The van der Waals surface area contributed by atoms with E-state index in [4.69, 9.17) is 4.74 Å². The molecule has 0 bridgehead atoms. The first-order valence-corrected chi connectivity index (χ1v) is 11.2. The summed E-state index contributed by atoms with van der Waals surface area (Å²) >= 11 is 3.60. The van der Waals surface area contributed by atoms with E-state index < -0.39 is 11.7 Å². The van der Waals surface area contributed by atoms with Crippen molar-refractivity contribution in [3.8, 4) is 11.3 Å².